The molecule has 0 saturated heterocycles. The molecule has 2 heterocycles. The summed E-state index contributed by atoms with van der Waals surface area (Å²) in [4.78, 5) is 4.56. The van der Waals surface area contributed by atoms with Crippen LogP contribution in [0.2, 0.25) is 0 Å². The van der Waals surface area contributed by atoms with Crippen molar-refractivity contribution < 1.29 is 8.42 Å². The molecular weight excluding hydrogens is 387 g/mol. The number of pyridine rings is 1. The highest BCUT2D eigenvalue weighted by Gasteiger charge is 2.24. The molecule has 4 nitrogen and oxygen atoms in total. The van der Waals surface area contributed by atoms with Gasteiger partial charge in [-0.05, 0) is 53.8 Å². The minimum absolute atomic E-state index is 0.277. The van der Waals surface area contributed by atoms with Gasteiger partial charge in [-0.2, -0.15) is 0 Å². The average Bonchev–Trinajstić information content (AvgIpc) is 2.73. The summed E-state index contributed by atoms with van der Waals surface area (Å²) in [6.45, 7) is 1.88. The summed E-state index contributed by atoms with van der Waals surface area (Å²) in [6.07, 6.45) is 1.67. The molecule has 0 saturated carbocycles. The molecule has 0 amide bonds. The fourth-order valence-electron chi connectivity index (χ4n) is 2.14. The molecule has 0 spiro atoms. The monoisotopic (exact) mass is 398 g/mol. The molecule has 6 heteroatoms. The molecule has 0 radical (unpaired) electrons. The van der Waals surface area contributed by atoms with Crippen LogP contribution in [0.25, 0.3) is 11.0 Å². The number of fused-ring (bicyclic) bond motifs is 1. The number of nitrogens with zero attached hydrogens (tertiary/aromatic N) is 2. The van der Waals surface area contributed by atoms with Crippen LogP contribution in [0.4, 0.5) is 0 Å². The Bertz CT molecular complexity index is 886. The van der Waals surface area contributed by atoms with E-state index in [1.54, 1.807) is 48.7 Å². The van der Waals surface area contributed by atoms with Crippen LogP contribution >= 0.6 is 22.6 Å². The van der Waals surface area contributed by atoms with Crippen molar-refractivity contribution in [3.8, 4) is 0 Å². The van der Waals surface area contributed by atoms with Gasteiger partial charge in [0.25, 0.3) is 10.0 Å². The lowest BCUT2D eigenvalue weighted by molar-refractivity contribution is 0.588. The van der Waals surface area contributed by atoms with Crippen molar-refractivity contribution in [1.29, 1.82) is 0 Å². The SMILES string of the molecule is Cc1c(I)n(S(=O)(=O)c2ccccc2)c2cccnc12. The Hall–Kier alpha value is -1.41. The van der Waals surface area contributed by atoms with Gasteiger partial charge in [-0.1, -0.05) is 18.2 Å². The van der Waals surface area contributed by atoms with Crippen molar-refractivity contribution in [2.24, 2.45) is 0 Å². The second-order valence-electron chi connectivity index (χ2n) is 4.37. The van der Waals surface area contributed by atoms with Gasteiger partial charge in [-0.25, -0.2) is 12.4 Å². The molecular formula is C14H11IN2O2S. The van der Waals surface area contributed by atoms with Crippen molar-refractivity contribution >= 4 is 43.6 Å². The highest BCUT2D eigenvalue weighted by atomic mass is 127. The molecule has 2 aromatic heterocycles. The predicted octanol–water partition coefficient (Wildman–Crippen LogP) is 3.19. The normalized spacial score (nSPS) is 11.9. The lowest BCUT2D eigenvalue weighted by Gasteiger charge is -2.08. The third kappa shape index (κ3) is 1.94. The van der Waals surface area contributed by atoms with Crippen molar-refractivity contribution in [2.45, 2.75) is 11.8 Å². The van der Waals surface area contributed by atoms with E-state index < -0.39 is 10.0 Å². The minimum atomic E-state index is -3.61. The first-order valence-corrected chi connectivity index (χ1v) is 8.47. The maximum atomic E-state index is 12.8. The number of hydrogen-bond donors (Lipinski definition) is 0. The number of halogens is 1. The van der Waals surface area contributed by atoms with Crippen LogP contribution in [-0.2, 0) is 10.0 Å². The summed E-state index contributed by atoms with van der Waals surface area (Å²) >= 11 is 2.05. The smallest absolute Gasteiger partial charge is 0.254 e. The summed E-state index contributed by atoms with van der Waals surface area (Å²) in [5.74, 6) is 0. The first kappa shape index (κ1) is 13.6. The third-order valence-electron chi connectivity index (χ3n) is 3.13. The van der Waals surface area contributed by atoms with Crippen molar-refractivity contribution in [3.05, 3.63) is 57.9 Å². The van der Waals surface area contributed by atoms with Gasteiger partial charge in [0.05, 0.1) is 15.9 Å². The van der Waals surface area contributed by atoms with Crippen LogP contribution < -0.4 is 0 Å². The molecule has 1 aromatic carbocycles. The molecule has 0 atom stereocenters. The number of hydrogen-bond acceptors (Lipinski definition) is 3. The number of benzene rings is 1. The van der Waals surface area contributed by atoms with E-state index in [0.717, 1.165) is 11.1 Å². The van der Waals surface area contributed by atoms with Gasteiger partial charge in [0, 0.05) is 11.8 Å². The van der Waals surface area contributed by atoms with E-state index >= 15 is 0 Å². The molecule has 102 valence electrons. The molecule has 3 aromatic rings. The highest BCUT2D eigenvalue weighted by Crippen LogP contribution is 2.29. The summed E-state index contributed by atoms with van der Waals surface area (Å²) in [5, 5.41) is 0. The van der Waals surface area contributed by atoms with Crippen LogP contribution in [0.1, 0.15) is 5.56 Å². The van der Waals surface area contributed by atoms with Gasteiger partial charge < -0.3 is 0 Å². The van der Waals surface area contributed by atoms with E-state index in [1.165, 1.54) is 3.97 Å². The number of aromatic nitrogens is 2. The largest absolute Gasteiger partial charge is 0.269 e. The zero-order valence-electron chi connectivity index (χ0n) is 10.6. The van der Waals surface area contributed by atoms with E-state index in [2.05, 4.69) is 27.6 Å². The molecule has 0 aliphatic carbocycles. The Morgan fingerprint density at radius 3 is 2.50 bits per heavy atom. The van der Waals surface area contributed by atoms with Gasteiger partial charge in [-0.3, -0.25) is 4.98 Å². The Morgan fingerprint density at radius 2 is 1.80 bits per heavy atom. The van der Waals surface area contributed by atoms with E-state index in [1.807, 2.05) is 6.92 Å². The summed E-state index contributed by atoms with van der Waals surface area (Å²) in [5.41, 5.74) is 2.20. The maximum Gasteiger partial charge on any atom is 0.269 e. The molecule has 0 aliphatic heterocycles. The van der Waals surface area contributed by atoms with Crippen LogP contribution in [0, 0.1) is 10.6 Å². The fraction of sp³-hybridized carbons (Fsp3) is 0.0714. The zero-order chi connectivity index (χ0) is 14.3. The average molecular weight is 398 g/mol. The maximum absolute atomic E-state index is 12.8. The standard InChI is InChI=1S/C14H11IN2O2S/c1-10-13-12(8-5-9-16-13)17(14(10)15)20(18,19)11-6-3-2-4-7-11/h2-9H,1H3. The summed E-state index contributed by atoms with van der Waals surface area (Å²) in [7, 11) is -3.61. The van der Waals surface area contributed by atoms with Crippen LogP contribution in [-0.4, -0.2) is 17.4 Å². The lowest BCUT2D eigenvalue weighted by atomic mass is 10.3. The zero-order valence-corrected chi connectivity index (χ0v) is 13.6. The van der Waals surface area contributed by atoms with E-state index in [9.17, 15) is 8.42 Å². The molecule has 0 aliphatic rings. The summed E-state index contributed by atoms with van der Waals surface area (Å²) < 4.78 is 27.7. The van der Waals surface area contributed by atoms with Crippen LogP contribution in [0.5, 0.6) is 0 Å². The van der Waals surface area contributed by atoms with Gasteiger partial charge in [0.2, 0.25) is 0 Å². The molecule has 20 heavy (non-hydrogen) atoms. The highest BCUT2D eigenvalue weighted by molar-refractivity contribution is 14.1. The van der Waals surface area contributed by atoms with Crippen molar-refractivity contribution in [2.75, 3.05) is 0 Å². The van der Waals surface area contributed by atoms with Gasteiger partial charge >= 0.3 is 0 Å². The van der Waals surface area contributed by atoms with Crippen molar-refractivity contribution in [1.82, 2.24) is 8.96 Å². The first-order valence-electron chi connectivity index (χ1n) is 5.95. The van der Waals surface area contributed by atoms with Crippen molar-refractivity contribution in [3.63, 3.8) is 0 Å². The summed E-state index contributed by atoms with van der Waals surface area (Å²) in [6, 6.07) is 12.0. The molecule has 0 bridgehead atoms. The Balaban J connectivity index is 2.39. The quantitative estimate of drug-likeness (QED) is 0.624. The fourth-order valence-corrected chi connectivity index (χ4v) is 4.90. The molecule has 0 unspecified atom stereocenters. The van der Waals surface area contributed by atoms with Crippen LogP contribution in [0.3, 0.4) is 0 Å². The van der Waals surface area contributed by atoms with E-state index in [4.69, 9.17) is 0 Å². The minimum Gasteiger partial charge on any atom is -0.254 e. The Kier molecular flexibility index (Phi) is 3.29. The van der Waals surface area contributed by atoms with Gasteiger partial charge in [0.15, 0.2) is 0 Å². The van der Waals surface area contributed by atoms with Gasteiger partial charge in [-0.15, -0.1) is 0 Å². The first-order chi connectivity index (χ1) is 9.53. The Morgan fingerprint density at radius 1 is 1.10 bits per heavy atom. The third-order valence-corrected chi connectivity index (χ3v) is 6.48. The lowest BCUT2D eigenvalue weighted by Crippen LogP contribution is -2.14. The number of aryl methyl sites for hydroxylation is 1. The number of rotatable bonds is 2. The second-order valence-corrected chi connectivity index (χ2v) is 7.18. The molecule has 0 N–H and O–H groups in total. The topological polar surface area (TPSA) is 52.0 Å². The van der Waals surface area contributed by atoms with Crippen LogP contribution in [0.15, 0.2) is 53.6 Å². The van der Waals surface area contributed by atoms with Gasteiger partial charge in [0.1, 0.15) is 3.70 Å². The molecule has 3 rings (SSSR count). The second kappa shape index (κ2) is 4.85. The molecule has 0 fully saturated rings. The predicted molar refractivity (Wildman–Crippen MR) is 86.2 cm³/mol. The van der Waals surface area contributed by atoms with E-state index in [0.29, 0.717) is 9.22 Å². The van der Waals surface area contributed by atoms with E-state index in [-0.39, 0.29) is 4.90 Å². The Labute approximate surface area is 130 Å².